The fourth-order valence-electron chi connectivity index (χ4n) is 2.45. The minimum absolute atomic E-state index is 0. The molecule has 20 heavy (non-hydrogen) atoms. The number of nitrogens with one attached hydrogen (secondary N) is 2. The molecule has 1 aromatic rings. The fraction of sp³-hybridized carbons (Fsp3) is 0.533. The molecule has 0 bridgehead atoms. The number of carbonyl (C=O) groups excluding carboxylic acids is 1. The summed E-state index contributed by atoms with van der Waals surface area (Å²) in [7, 11) is 0. The molecule has 0 spiro atoms. The Labute approximate surface area is 125 Å². The van der Waals surface area contributed by atoms with Gasteiger partial charge in [0.1, 0.15) is 5.82 Å². The molecule has 112 valence electrons. The molecule has 0 aromatic heterocycles. The maximum atomic E-state index is 13.1. The molecule has 3 nitrogen and oxygen atoms in total. The van der Waals surface area contributed by atoms with Crippen LogP contribution in [0.25, 0.3) is 0 Å². The van der Waals surface area contributed by atoms with Crippen LogP contribution < -0.4 is 10.6 Å². The summed E-state index contributed by atoms with van der Waals surface area (Å²) in [6.45, 7) is 4.50. The van der Waals surface area contributed by atoms with Crippen LogP contribution in [0.4, 0.5) is 4.39 Å². The van der Waals surface area contributed by atoms with Gasteiger partial charge in [0.2, 0.25) is 0 Å². The van der Waals surface area contributed by atoms with Crippen LogP contribution in [0.2, 0.25) is 0 Å². The third-order valence-electron chi connectivity index (χ3n) is 3.66. The van der Waals surface area contributed by atoms with Gasteiger partial charge in [-0.2, -0.15) is 0 Å². The summed E-state index contributed by atoms with van der Waals surface area (Å²) < 4.78 is 13.1. The first-order valence-corrected chi connectivity index (χ1v) is 6.92. The summed E-state index contributed by atoms with van der Waals surface area (Å²) in [6.07, 6.45) is 3.45. The minimum atomic E-state index is -0.273. The predicted octanol–water partition coefficient (Wildman–Crippen LogP) is 2.68. The number of hydrogen-bond donors (Lipinski definition) is 2. The van der Waals surface area contributed by atoms with Crippen molar-refractivity contribution in [2.75, 3.05) is 19.6 Å². The molecule has 0 aliphatic carbocycles. The summed E-state index contributed by atoms with van der Waals surface area (Å²) in [5.74, 6) is 0.265. The molecule has 2 rings (SSSR count). The first-order valence-electron chi connectivity index (χ1n) is 6.92. The van der Waals surface area contributed by atoms with E-state index >= 15 is 0 Å². The Hall–Kier alpha value is -1.13. The largest absolute Gasteiger partial charge is 0.352 e. The van der Waals surface area contributed by atoms with E-state index in [9.17, 15) is 9.18 Å². The first kappa shape index (κ1) is 16.9. The van der Waals surface area contributed by atoms with Gasteiger partial charge < -0.3 is 10.6 Å². The van der Waals surface area contributed by atoms with E-state index in [2.05, 4.69) is 10.6 Å². The van der Waals surface area contributed by atoms with Crippen LogP contribution in [-0.2, 0) is 0 Å². The number of halogens is 2. The average Bonchev–Trinajstić information content (AvgIpc) is 2.43. The molecule has 1 amide bonds. The van der Waals surface area contributed by atoms with Crippen LogP contribution in [0.15, 0.2) is 18.2 Å². The number of carbonyl (C=O) groups is 1. The molecule has 1 atom stereocenters. The second-order valence-electron chi connectivity index (χ2n) is 5.22. The Balaban J connectivity index is 0.00000200. The Morgan fingerprint density at radius 1 is 1.50 bits per heavy atom. The normalized spacial score (nSPS) is 18.2. The SMILES string of the molecule is Cc1cc(C(=O)NCCC2CCCNC2)ccc1F.Cl. The number of rotatable bonds is 4. The summed E-state index contributed by atoms with van der Waals surface area (Å²) in [5, 5.41) is 6.27. The topological polar surface area (TPSA) is 41.1 Å². The third kappa shape index (κ3) is 4.76. The van der Waals surface area contributed by atoms with Gasteiger partial charge in [-0.25, -0.2) is 4.39 Å². The average molecular weight is 301 g/mol. The van der Waals surface area contributed by atoms with E-state index in [0.29, 0.717) is 23.6 Å². The summed E-state index contributed by atoms with van der Waals surface area (Å²) >= 11 is 0. The molecule has 1 unspecified atom stereocenters. The molecule has 1 heterocycles. The molecule has 1 fully saturated rings. The molecule has 2 N–H and O–H groups in total. The van der Waals surface area contributed by atoms with Crippen LogP contribution in [0.3, 0.4) is 0 Å². The number of aryl methyl sites for hydroxylation is 1. The molecule has 1 aromatic carbocycles. The van der Waals surface area contributed by atoms with Gasteiger partial charge in [-0.3, -0.25) is 4.79 Å². The van der Waals surface area contributed by atoms with Gasteiger partial charge in [-0.15, -0.1) is 12.4 Å². The molecule has 1 aliphatic rings. The molecule has 1 saturated heterocycles. The lowest BCUT2D eigenvalue weighted by Gasteiger charge is -2.22. The van der Waals surface area contributed by atoms with Crippen molar-refractivity contribution < 1.29 is 9.18 Å². The molecule has 5 heteroatoms. The molecule has 1 aliphatic heterocycles. The van der Waals surface area contributed by atoms with Crippen LogP contribution in [-0.4, -0.2) is 25.5 Å². The Morgan fingerprint density at radius 2 is 2.30 bits per heavy atom. The van der Waals surface area contributed by atoms with Gasteiger partial charge in [-0.1, -0.05) is 0 Å². The van der Waals surface area contributed by atoms with E-state index in [1.807, 2.05) is 0 Å². The highest BCUT2D eigenvalue weighted by atomic mass is 35.5. The van der Waals surface area contributed by atoms with Gasteiger partial charge in [-0.05, 0) is 69.0 Å². The predicted molar refractivity (Wildman–Crippen MR) is 80.9 cm³/mol. The standard InChI is InChI=1S/C15H21FN2O.ClH/c1-11-9-13(4-5-14(11)16)15(19)18-8-6-12-3-2-7-17-10-12;/h4-5,9,12,17H,2-3,6-8,10H2,1H3,(H,18,19);1H. The molecule has 0 radical (unpaired) electrons. The van der Waals surface area contributed by atoms with Gasteiger partial charge >= 0.3 is 0 Å². The summed E-state index contributed by atoms with van der Waals surface area (Å²) in [5.41, 5.74) is 1.03. The maximum absolute atomic E-state index is 13.1. The smallest absolute Gasteiger partial charge is 0.251 e. The van der Waals surface area contributed by atoms with Crippen molar-refractivity contribution >= 4 is 18.3 Å². The fourth-order valence-corrected chi connectivity index (χ4v) is 2.45. The van der Waals surface area contributed by atoms with Crippen molar-refractivity contribution in [1.82, 2.24) is 10.6 Å². The van der Waals surface area contributed by atoms with Crippen LogP contribution in [0, 0.1) is 18.7 Å². The lowest BCUT2D eigenvalue weighted by atomic mass is 9.96. The van der Waals surface area contributed by atoms with E-state index < -0.39 is 0 Å². The van der Waals surface area contributed by atoms with E-state index in [4.69, 9.17) is 0 Å². The Bertz CT molecular complexity index is 447. The van der Waals surface area contributed by atoms with E-state index in [0.717, 1.165) is 19.5 Å². The summed E-state index contributed by atoms with van der Waals surface area (Å²) in [4.78, 5) is 11.9. The molecular formula is C15H22ClFN2O. The van der Waals surface area contributed by atoms with Crippen LogP contribution in [0.5, 0.6) is 0 Å². The van der Waals surface area contributed by atoms with E-state index in [1.165, 1.54) is 25.0 Å². The van der Waals surface area contributed by atoms with Crippen molar-refractivity contribution in [1.29, 1.82) is 0 Å². The lowest BCUT2D eigenvalue weighted by Crippen LogP contribution is -2.33. The zero-order valence-corrected chi connectivity index (χ0v) is 12.6. The van der Waals surface area contributed by atoms with Gasteiger partial charge in [0.15, 0.2) is 0 Å². The van der Waals surface area contributed by atoms with Crippen LogP contribution in [0.1, 0.15) is 35.2 Å². The number of piperidine rings is 1. The minimum Gasteiger partial charge on any atom is -0.352 e. The monoisotopic (exact) mass is 300 g/mol. The second-order valence-corrected chi connectivity index (χ2v) is 5.22. The highest BCUT2D eigenvalue weighted by Crippen LogP contribution is 2.13. The molecular weight excluding hydrogens is 279 g/mol. The summed E-state index contributed by atoms with van der Waals surface area (Å²) in [6, 6.07) is 4.46. The maximum Gasteiger partial charge on any atom is 0.251 e. The Kier molecular flexibility index (Phi) is 6.96. The quantitative estimate of drug-likeness (QED) is 0.897. The van der Waals surface area contributed by atoms with Crippen molar-refractivity contribution in [2.45, 2.75) is 26.2 Å². The lowest BCUT2D eigenvalue weighted by molar-refractivity contribution is 0.0950. The van der Waals surface area contributed by atoms with E-state index in [-0.39, 0.29) is 24.1 Å². The van der Waals surface area contributed by atoms with Gasteiger partial charge in [0.25, 0.3) is 5.91 Å². The zero-order chi connectivity index (χ0) is 13.7. The molecule has 0 saturated carbocycles. The van der Waals surface area contributed by atoms with Gasteiger partial charge in [0.05, 0.1) is 0 Å². The highest BCUT2D eigenvalue weighted by molar-refractivity contribution is 5.94. The van der Waals surface area contributed by atoms with E-state index in [1.54, 1.807) is 13.0 Å². The number of benzene rings is 1. The van der Waals surface area contributed by atoms with Crippen molar-refractivity contribution in [3.05, 3.63) is 35.1 Å². The number of hydrogen-bond acceptors (Lipinski definition) is 2. The van der Waals surface area contributed by atoms with Crippen molar-refractivity contribution in [3.63, 3.8) is 0 Å². The van der Waals surface area contributed by atoms with Crippen molar-refractivity contribution in [2.24, 2.45) is 5.92 Å². The number of amides is 1. The van der Waals surface area contributed by atoms with Crippen LogP contribution >= 0.6 is 12.4 Å². The Morgan fingerprint density at radius 3 is 2.95 bits per heavy atom. The third-order valence-corrected chi connectivity index (χ3v) is 3.66. The van der Waals surface area contributed by atoms with Crippen molar-refractivity contribution in [3.8, 4) is 0 Å². The zero-order valence-electron chi connectivity index (χ0n) is 11.7. The highest BCUT2D eigenvalue weighted by Gasteiger charge is 2.13. The first-order chi connectivity index (χ1) is 9.16. The second kappa shape index (κ2) is 8.22. The van der Waals surface area contributed by atoms with Gasteiger partial charge in [0, 0.05) is 12.1 Å².